The average Bonchev–Trinajstić information content (AvgIpc) is 2.48. The summed E-state index contributed by atoms with van der Waals surface area (Å²) in [6.45, 7) is 3.80. The third-order valence-electron chi connectivity index (χ3n) is 2.93. The van der Waals surface area contributed by atoms with Gasteiger partial charge in [-0.15, -0.1) is 4.83 Å². The van der Waals surface area contributed by atoms with Crippen LogP contribution in [0.3, 0.4) is 0 Å². The molecular formula is C15H17N3O2S. The summed E-state index contributed by atoms with van der Waals surface area (Å²) in [4.78, 5) is 2.40. The van der Waals surface area contributed by atoms with Gasteiger partial charge >= 0.3 is 0 Å². The van der Waals surface area contributed by atoms with Crippen LogP contribution in [0.2, 0.25) is 0 Å². The van der Waals surface area contributed by atoms with Crippen molar-refractivity contribution >= 4 is 15.7 Å². The van der Waals surface area contributed by atoms with Crippen LogP contribution in [0.15, 0.2) is 64.6 Å². The highest BCUT2D eigenvalue weighted by Gasteiger charge is 2.11. The molecule has 2 aromatic rings. The highest BCUT2D eigenvalue weighted by atomic mass is 32.2. The van der Waals surface area contributed by atoms with Crippen molar-refractivity contribution in [1.82, 2.24) is 10.4 Å². The second kappa shape index (κ2) is 6.51. The normalized spacial score (nSPS) is 12.2. The van der Waals surface area contributed by atoms with Gasteiger partial charge in [-0.1, -0.05) is 48.0 Å². The molecule has 0 amide bonds. The van der Waals surface area contributed by atoms with Crippen LogP contribution < -0.4 is 10.4 Å². The van der Waals surface area contributed by atoms with Gasteiger partial charge in [0.2, 0.25) is 0 Å². The standard InChI is InChI=1S/C15H17N3O2S/c1-12-8-10-14(11-9-12)13(2)16-17-18-21(19,20)15-6-4-3-5-7-15/h3-11,17-18H,1-2H3/b16-13+. The molecule has 0 aliphatic heterocycles. The number of hydrazine groups is 1. The summed E-state index contributed by atoms with van der Waals surface area (Å²) in [5.41, 5.74) is 5.15. The first-order valence-corrected chi connectivity index (χ1v) is 7.90. The molecule has 5 nitrogen and oxygen atoms in total. The van der Waals surface area contributed by atoms with Crippen molar-refractivity contribution in [1.29, 1.82) is 0 Å². The molecule has 0 aliphatic carbocycles. The topological polar surface area (TPSA) is 70.6 Å². The van der Waals surface area contributed by atoms with Crippen molar-refractivity contribution < 1.29 is 8.42 Å². The van der Waals surface area contributed by atoms with Crippen LogP contribution in [0, 0.1) is 6.92 Å². The molecule has 0 aromatic heterocycles. The van der Waals surface area contributed by atoms with Crippen molar-refractivity contribution in [2.75, 3.05) is 0 Å². The monoisotopic (exact) mass is 303 g/mol. The minimum atomic E-state index is -3.61. The van der Waals surface area contributed by atoms with Gasteiger partial charge in [-0.05, 0) is 31.5 Å². The summed E-state index contributed by atoms with van der Waals surface area (Å²) < 4.78 is 23.9. The molecule has 0 unspecified atom stereocenters. The lowest BCUT2D eigenvalue weighted by atomic mass is 10.1. The molecule has 0 saturated heterocycles. The smallest absolute Gasteiger partial charge is 0.229 e. The zero-order valence-electron chi connectivity index (χ0n) is 11.9. The van der Waals surface area contributed by atoms with Crippen molar-refractivity contribution in [3.63, 3.8) is 0 Å². The summed E-state index contributed by atoms with van der Waals surface area (Å²) in [6, 6.07) is 15.9. The van der Waals surface area contributed by atoms with E-state index in [2.05, 4.69) is 15.5 Å². The number of hydrazone groups is 1. The van der Waals surface area contributed by atoms with E-state index in [1.54, 1.807) is 25.1 Å². The van der Waals surface area contributed by atoms with Gasteiger partial charge < -0.3 is 0 Å². The molecule has 2 aromatic carbocycles. The quantitative estimate of drug-likeness (QED) is 0.657. The molecule has 21 heavy (non-hydrogen) atoms. The lowest BCUT2D eigenvalue weighted by molar-refractivity contribution is 0.562. The van der Waals surface area contributed by atoms with Crippen LogP contribution in [-0.2, 0) is 10.0 Å². The number of rotatable bonds is 5. The van der Waals surface area contributed by atoms with Crippen LogP contribution in [0.1, 0.15) is 18.1 Å². The first-order valence-electron chi connectivity index (χ1n) is 6.42. The molecule has 110 valence electrons. The summed E-state index contributed by atoms with van der Waals surface area (Å²) in [6.07, 6.45) is 0. The molecule has 0 spiro atoms. The number of aryl methyl sites for hydroxylation is 1. The van der Waals surface area contributed by atoms with Gasteiger partial charge in [-0.3, -0.25) is 0 Å². The fourth-order valence-corrected chi connectivity index (χ4v) is 2.48. The van der Waals surface area contributed by atoms with E-state index in [1.165, 1.54) is 12.1 Å². The van der Waals surface area contributed by atoms with Crippen LogP contribution >= 0.6 is 0 Å². The number of hydrogen-bond acceptors (Lipinski definition) is 4. The molecule has 0 aliphatic rings. The summed E-state index contributed by atoms with van der Waals surface area (Å²) >= 11 is 0. The average molecular weight is 303 g/mol. The van der Waals surface area contributed by atoms with Crippen molar-refractivity contribution in [3.8, 4) is 0 Å². The lowest BCUT2D eigenvalue weighted by Crippen LogP contribution is -2.34. The molecule has 0 fully saturated rings. The van der Waals surface area contributed by atoms with Crippen LogP contribution in [-0.4, -0.2) is 14.1 Å². The Balaban J connectivity index is 2.03. The third-order valence-corrected chi connectivity index (χ3v) is 4.18. The Bertz CT molecular complexity index is 723. The SMILES string of the molecule is C/C(=N\NNS(=O)(=O)c1ccccc1)c1ccc(C)cc1. The van der Waals surface area contributed by atoms with Gasteiger partial charge in [0, 0.05) is 0 Å². The highest BCUT2D eigenvalue weighted by Crippen LogP contribution is 2.06. The Hall–Kier alpha value is -2.18. The molecule has 2 N–H and O–H groups in total. The Morgan fingerprint density at radius 3 is 2.24 bits per heavy atom. The predicted octanol–water partition coefficient (Wildman–Crippen LogP) is 2.20. The Morgan fingerprint density at radius 2 is 1.62 bits per heavy atom. The van der Waals surface area contributed by atoms with E-state index in [-0.39, 0.29) is 4.90 Å². The van der Waals surface area contributed by atoms with Crippen molar-refractivity contribution in [3.05, 3.63) is 65.7 Å². The largest absolute Gasteiger partial charge is 0.258 e. The minimum absolute atomic E-state index is 0.181. The van der Waals surface area contributed by atoms with E-state index in [4.69, 9.17) is 0 Å². The molecule has 0 saturated carbocycles. The maximum Gasteiger partial charge on any atom is 0.258 e. The fraction of sp³-hybridized carbons (Fsp3) is 0.133. The van der Waals surface area contributed by atoms with Gasteiger partial charge in [0.15, 0.2) is 0 Å². The van der Waals surface area contributed by atoms with Crippen molar-refractivity contribution in [2.45, 2.75) is 18.7 Å². The number of sulfonamides is 1. The number of nitrogens with zero attached hydrogens (tertiary/aromatic N) is 1. The van der Waals surface area contributed by atoms with E-state index in [9.17, 15) is 8.42 Å². The van der Waals surface area contributed by atoms with Gasteiger partial charge in [0.25, 0.3) is 10.0 Å². The van der Waals surface area contributed by atoms with Gasteiger partial charge in [0.1, 0.15) is 0 Å². The zero-order valence-corrected chi connectivity index (χ0v) is 12.7. The summed E-state index contributed by atoms with van der Waals surface area (Å²) in [7, 11) is -3.61. The molecule has 0 radical (unpaired) electrons. The predicted molar refractivity (Wildman–Crippen MR) is 83.3 cm³/mol. The zero-order chi connectivity index (χ0) is 15.3. The first kappa shape index (κ1) is 15.2. The molecular weight excluding hydrogens is 286 g/mol. The number of nitrogens with one attached hydrogen (secondary N) is 2. The van der Waals surface area contributed by atoms with E-state index in [0.29, 0.717) is 5.71 Å². The molecule has 6 heteroatoms. The van der Waals surface area contributed by atoms with Crippen LogP contribution in [0.4, 0.5) is 0 Å². The maximum atomic E-state index is 12.0. The van der Waals surface area contributed by atoms with Gasteiger partial charge in [0.05, 0.1) is 10.6 Å². The maximum absolute atomic E-state index is 12.0. The second-order valence-electron chi connectivity index (χ2n) is 4.59. The first-order chi connectivity index (χ1) is 9.99. The van der Waals surface area contributed by atoms with Gasteiger partial charge in [-0.2, -0.15) is 5.10 Å². The number of benzene rings is 2. The molecule has 2 rings (SSSR count). The van der Waals surface area contributed by atoms with E-state index >= 15 is 0 Å². The second-order valence-corrected chi connectivity index (χ2v) is 6.28. The van der Waals surface area contributed by atoms with Crippen LogP contribution in [0.25, 0.3) is 0 Å². The Morgan fingerprint density at radius 1 is 1.00 bits per heavy atom. The third kappa shape index (κ3) is 4.14. The fourth-order valence-electron chi connectivity index (χ4n) is 1.68. The molecule has 0 bridgehead atoms. The lowest BCUT2D eigenvalue weighted by Gasteiger charge is -2.07. The summed E-state index contributed by atoms with van der Waals surface area (Å²) in [5.74, 6) is 0. The van der Waals surface area contributed by atoms with E-state index in [1.807, 2.05) is 31.2 Å². The minimum Gasteiger partial charge on any atom is -0.229 e. The van der Waals surface area contributed by atoms with E-state index in [0.717, 1.165) is 11.1 Å². The summed E-state index contributed by atoms with van der Waals surface area (Å²) in [5, 5.41) is 4.01. The number of hydrogen-bond donors (Lipinski definition) is 2. The van der Waals surface area contributed by atoms with E-state index < -0.39 is 10.0 Å². The molecule has 0 heterocycles. The Kier molecular flexibility index (Phi) is 4.72. The van der Waals surface area contributed by atoms with Crippen LogP contribution in [0.5, 0.6) is 0 Å². The van der Waals surface area contributed by atoms with Crippen molar-refractivity contribution in [2.24, 2.45) is 5.10 Å². The Labute approximate surface area is 124 Å². The molecule has 0 atom stereocenters. The highest BCUT2D eigenvalue weighted by molar-refractivity contribution is 7.89. The van der Waals surface area contributed by atoms with Gasteiger partial charge in [-0.25, -0.2) is 14.0 Å².